The number of hydrogen-bond donors (Lipinski definition) is 2. The Kier molecular flexibility index (Phi) is 9.63. The molecule has 10 rings (SSSR count). The number of nitriles is 2. The zero-order valence-electron chi connectivity index (χ0n) is 32.8. The van der Waals surface area contributed by atoms with Crippen LogP contribution in [0, 0.1) is 33.5 Å². The third-order valence-corrected chi connectivity index (χ3v) is 13.0. The van der Waals surface area contributed by atoms with Crippen molar-refractivity contribution in [1.29, 1.82) is 10.5 Å². The summed E-state index contributed by atoms with van der Waals surface area (Å²) in [6.07, 6.45) is 9.59. The van der Waals surface area contributed by atoms with E-state index < -0.39 is 12.2 Å². The minimum absolute atomic E-state index is 0.0183. The lowest BCUT2D eigenvalue weighted by molar-refractivity contribution is -0.147. The Morgan fingerprint density at radius 3 is 1.34 bits per heavy atom. The highest BCUT2D eigenvalue weighted by atomic mass is 16.5. The van der Waals surface area contributed by atoms with E-state index >= 15 is 0 Å². The lowest BCUT2D eigenvalue weighted by Gasteiger charge is -2.39. The molecule has 16 heteroatoms. The Bertz CT molecular complexity index is 2190. The molecule has 4 N–H and O–H groups in total. The summed E-state index contributed by atoms with van der Waals surface area (Å²) in [5.41, 5.74) is 18.1. The number of nitrogens with two attached hydrogens (primary N) is 2. The number of amides is 2. The zero-order valence-corrected chi connectivity index (χ0v) is 32.8. The van der Waals surface area contributed by atoms with Gasteiger partial charge in [0.25, 0.3) is 11.8 Å². The van der Waals surface area contributed by atoms with E-state index in [1.165, 1.54) is 0 Å². The minimum Gasteiger partial charge on any atom is -0.364 e. The van der Waals surface area contributed by atoms with Crippen LogP contribution in [-0.2, 0) is 19.1 Å². The number of likely N-dealkylation sites (tertiary alicyclic amines) is 2. The first-order valence-corrected chi connectivity index (χ1v) is 20.2. The van der Waals surface area contributed by atoms with E-state index in [2.05, 4.69) is 41.9 Å². The Morgan fingerprint density at radius 1 is 0.621 bits per heavy atom. The number of morpholine rings is 2. The molecule has 6 aliphatic rings. The van der Waals surface area contributed by atoms with Gasteiger partial charge in [-0.2, -0.15) is 10.5 Å². The molecule has 2 aromatic heterocycles. The third kappa shape index (κ3) is 6.83. The van der Waals surface area contributed by atoms with Crippen LogP contribution in [-0.4, -0.2) is 130 Å². The summed E-state index contributed by atoms with van der Waals surface area (Å²) in [6.45, 7) is 8.83. The Hall–Kier alpha value is -5.52. The van der Waals surface area contributed by atoms with Gasteiger partial charge in [0.2, 0.25) is 0 Å². The van der Waals surface area contributed by atoms with Crippen molar-refractivity contribution in [2.24, 2.45) is 22.3 Å². The fraction of sp³-hybridized carbons (Fsp3) is 0.524. The van der Waals surface area contributed by atoms with Gasteiger partial charge in [-0.15, -0.1) is 0 Å². The SMILES string of the molecule is CC1CN(c2ccc(C#N)c3nccnc23)CC(C(=O)N2C[C@@H](N)C3(CC3)C2)O1.CC1CN(c2ccc(C#N)c3nccnc23)CC(C(=O)N2C[C@@H](N)C3(CC3)C2)O1. The van der Waals surface area contributed by atoms with Gasteiger partial charge < -0.3 is 40.5 Å². The van der Waals surface area contributed by atoms with E-state index in [1.54, 1.807) is 36.9 Å². The monoisotopic (exact) mass is 784 g/mol. The highest BCUT2D eigenvalue weighted by Crippen LogP contribution is 2.53. The molecule has 0 radical (unpaired) electrons. The molecule has 4 saturated heterocycles. The summed E-state index contributed by atoms with van der Waals surface area (Å²) < 4.78 is 12.1. The van der Waals surface area contributed by atoms with Crippen molar-refractivity contribution in [1.82, 2.24) is 29.7 Å². The maximum absolute atomic E-state index is 13.2. The van der Waals surface area contributed by atoms with Crippen LogP contribution < -0.4 is 21.3 Å². The van der Waals surface area contributed by atoms with Crippen LogP contribution in [0.25, 0.3) is 22.1 Å². The number of benzene rings is 2. The maximum atomic E-state index is 13.2. The van der Waals surface area contributed by atoms with Gasteiger partial charge in [0.05, 0.1) is 47.8 Å². The van der Waals surface area contributed by atoms with Crippen LogP contribution in [0.2, 0.25) is 0 Å². The number of hydrogen-bond acceptors (Lipinski definition) is 14. The van der Waals surface area contributed by atoms with Gasteiger partial charge in [-0.25, -0.2) is 0 Å². The van der Waals surface area contributed by atoms with Crippen LogP contribution in [0.1, 0.15) is 50.7 Å². The van der Waals surface area contributed by atoms with Gasteiger partial charge in [-0.3, -0.25) is 29.5 Å². The van der Waals surface area contributed by atoms with Crippen molar-refractivity contribution in [3.05, 3.63) is 60.2 Å². The Morgan fingerprint density at radius 2 is 1.00 bits per heavy atom. The molecule has 2 amide bonds. The summed E-state index contributed by atoms with van der Waals surface area (Å²) >= 11 is 0. The average molecular weight is 785 g/mol. The lowest BCUT2D eigenvalue weighted by Crippen LogP contribution is -2.53. The predicted molar refractivity (Wildman–Crippen MR) is 214 cm³/mol. The second kappa shape index (κ2) is 14.7. The number of fused-ring (bicyclic) bond motifs is 2. The fourth-order valence-electron chi connectivity index (χ4n) is 9.45. The van der Waals surface area contributed by atoms with Crippen LogP contribution in [0.4, 0.5) is 11.4 Å². The fourth-order valence-corrected chi connectivity index (χ4v) is 9.45. The van der Waals surface area contributed by atoms with Gasteiger partial charge in [-0.05, 0) is 63.8 Å². The maximum Gasteiger partial charge on any atom is 0.253 e. The molecule has 6 heterocycles. The first kappa shape index (κ1) is 38.0. The van der Waals surface area contributed by atoms with Crippen molar-refractivity contribution >= 4 is 45.3 Å². The Labute approximate surface area is 336 Å². The molecule has 2 spiro atoms. The number of aromatic nitrogens is 4. The average Bonchev–Trinajstić information content (AvgIpc) is 4.15. The highest BCUT2D eigenvalue weighted by molar-refractivity contribution is 5.93. The topological polar surface area (TPSA) is 217 Å². The van der Waals surface area contributed by atoms with E-state index in [-0.39, 0.29) is 46.9 Å². The molecular weight excluding hydrogens is 737 g/mol. The second-order valence-electron chi connectivity index (χ2n) is 17.1. The zero-order chi connectivity index (χ0) is 40.3. The van der Waals surface area contributed by atoms with Crippen molar-refractivity contribution in [3.63, 3.8) is 0 Å². The first-order valence-electron chi connectivity index (χ1n) is 20.2. The molecule has 0 bridgehead atoms. The van der Waals surface area contributed by atoms with Crippen molar-refractivity contribution in [2.75, 3.05) is 62.2 Å². The van der Waals surface area contributed by atoms with Crippen LogP contribution in [0.15, 0.2) is 49.1 Å². The van der Waals surface area contributed by atoms with Gasteiger partial charge in [0.15, 0.2) is 12.2 Å². The van der Waals surface area contributed by atoms with Crippen molar-refractivity contribution in [3.8, 4) is 12.1 Å². The molecule has 2 aromatic carbocycles. The number of carbonyl (C=O) groups is 2. The smallest absolute Gasteiger partial charge is 0.253 e. The van der Waals surface area contributed by atoms with Crippen LogP contribution >= 0.6 is 0 Å². The largest absolute Gasteiger partial charge is 0.364 e. The molecule has 6 atom stereocenters. The molecule has 4 aliphatic heterocycles. The number of carbonyl (C=O) groups excluding carboxylic acids is 2. The Balaban J connectivity index is 0.000000150. The normalized spacial score (nSPS) is 28.0. The van der Waals surface area contributed by atoms with Crippen LogP contribution in [0.5, 0.6) is 0 Å². The number of nitrogens with zero attached hydrogens (tertiary/aromatic N) is 10. The molecule has 4 aromatic rings. The van der Waals surface area contributed by atoms with Gasteiger partial charge in [-0.1, -0.05) is 0 Å². The molecule has 2 aliphatic carbocycles. The summed E-state index contributed by atoms with van der Waals surface area (Å²) in [6, 6.07) is 11.8. The number of rotatable bonds is 4. The van der Waals surface area contributed by atoms with E-state index in [4.69, 9.17) is 20.9 Å². The molecule has 2 saturated carbocycles. The number of ether oxygens (including phenoxy) is 2. The minimum atomic E-state index is -0.540. The first-order chi connectivity index (χ1) is 28.0. The molecule has 58 heavy (non-hydrogen) atoms. The summed E-state index contributed by atoms with van der Waals surface area (Å²) in [7, 11) is 0. The molecule has 16 nitrogen and oxygen atoms in total. The summed E-state index contributed by atoms with van der Waals surface area (Å²) in [5.74, 6) is 0.0367. The van der Waals surface area contributed by atoms with Gasteiger partial charge >= 0.3 is 0 Å². The second-order valence-corrected chi connectivity index (χ2v) is 17.1. The van der Waals surface area contributed by atoms with Crippen molar-refractivity contribution in [2.45, 2.75) is 76.0 Å². The van der Waals surface area contributed by atoms with Gasteiger partial charge in [0, 0.05) is 87.0 Å². The summed E-state index contributed by atoms with van der Waals surface area (Å²) in [4.78, 5) is 52.0. The predicted octanol–water partition coefficient (Wildman–Crippen LogP) is 2.09. The number of anilines is 2. The molecule has 4 unspecified atom stereocenters. The molecule has 300 valence electrons. The quantitative estimate of drug-likeness (QED) is 0.303. The van der Waals surface area contributed by atoms with E-state index in [0.29, 0.717) is 72.5 Å². The van der Waals surface area contributed by atoms with E-state index in [0.717, 1.165) is 50.1 Å². The van der Waals surface area contributed by atoms with E-state index in [1.807, 2.05) is 35.8 Å². The van der Waals surface area contributed by atoms with Crippen molar-refractivity contribution < 1.29 is 19.1 Å². The highest BCUT2D eigenvalue weighted by Gasteiger charge is 2.56. The van der Waals surface area contributed by atoms with E-state index in [9.17, 15) is 20.1 Å². The third-order valence-electron chi connectivity index (χ3n) is 13.0. The van der Waals surface area contributed by atoms with Crippen LogP contribution in [0.3, 0.4) is 0 Å². The standard InChI is InChI=1S/2C21H24N6O2/c2*1-13-9-26(15-3-2-14(8-22)18-19(15)25-7-6-24-18)10-16(29-13)20(28)27-11-17(23)21(12-27)4-5-21/h2*2-3,6-7,13,16-17H,4-5,9-12,23H2,1H3/t2*13?,16?,17-/m11/s1. The molecule has 6 fully saturated rings. The molecular formula is C42H48N12O4. The lowest BCUT2D eigenvalue weighted by atomic mass is 10.0. The van der Waals surface area contributed by atoms with Gasteiger partial charge in [0.1, 0.15) is 34.2 Å². The summed E-state index contributed by atoms with van der Waals surface area (Å²) in [5, 5.41) is 18.7.